The molecule has 146 heavy (non-hydrogen) atoms. The Balaban J connectivity index is 0.000000179. The second-order valence-electron chi connectivity index (χ2n) is 48.2. The van der Waals surface area contributed by atoms with Crippen LogP contribution >= 0.6 is 0 Å². The van der Waals surface area contributed by atoms with E-state index in [1.165, 1.54) is 105 Å². The van der Waals surface area contributed by atoms with E-state index in [2.05, 4.69) is 381 Å². The highest BCUT2D eigenvalue weighted by molar-refractivity contribution is 5.68. The zero-order valence-corrected chi connectivity index (χ0v) is 93.1. The van der Waals surface area contributed by atoms with Gasteiger partial charge in [0.1, 0.15) is 11.9 Å². The van der Waals surface area contributed by atoms with Gasteiger partial charge >= 0.3 is 0 Å². The molecule has 0 spiro atoms. The van der Waals surface area contributed by atoms with Crippen LogP contribution in [0, 0.1) is 104 Å². The number of likely N-dealkylation sites (tertiary alicyclic amines) is 6. The van der Waals surface area contributed by atoms with Crippen molar-refractivity contribution in [1.29, 1.82) is 5.26 Å². The van der Waals surface area contributed by atoms with Gasteiger partial charge in [-0.15, -0.1) is 0 Å². The first-order chi connectivity index (χ1) is 69.8. The van der Waals surface area contributed by atoms with Gasteiger partial charge in [-0.3, -0.25) is 29.4 Å². The summed E-state index contributed by atoms with van der Waals surface area (Å²) in [6, 6.07) is 88.0. The molecule has 0 aromatic heterocycles. The summed E-state index contributed by atoms with van der Waals surface area (Å²) in [5.41, 5.74) is 18.4. The van der Waals surface area contributed by atoms with Gasteiger partial charge in [0.15, 0.2) is 0 Å². The number of hydrogen-bond donors (Lipinski definition) is 0. The lowest BCUT2D eigenvalue weighted by atomic mass is 9.61. The highest BCUT2D eigenvalue weighted by atomic mass is 19.1. The van der Waals surface area contributed by atoms with E-state index in [0.29, 0.717) is 45.7 Å². The predicted molar refractivity (Wildman–Crippen MR) is 611 cm³/mol. The third-order valence-electron chi connectivity index (χ3n) is 34.9. The van der Waals surface area contributed by atoms with E-state index in [1.807, 2.05) is 51.1 Å². The number of nitriles is 1. The fourth-order valence-corrected chi connectivity index (χ4v) is 23.2. The van der Waals surface area contributed by atoms with Crippen LogP contribution in [0.4, 0.5) is 10.1 Å². The average molecular weight is 1970 g/mol. The monoisotopic (exact) mass is 1970 g/mol. The number of para-hydroxylation sites is 1. The molecule has 16 rings (SSSR count). The first-order valence-electron chi connectivity index (χ1n) is 54.7. The summed E-state index contributed by atoms with van der Waals surface area (Å²) in [4.78, 5) is 36.2. The highest BCUT2D eigenvalue weighted by Crippen LogP contribution is 2.53. The van der Waals surface area contributed by atoms with Gasteiger partial charge in [0.25, 0.3) is 0 Å². The van der Waals surface area contributed by atoms with Crippen LogP contribution in [0.3, 0.4) is 0 Å². The Kier molecular flexibility index (Phi) is 44.1. The number of hydrogen-bond acceptors (Lipinski definition) is 9. The van der Waals surface area contributed by atoms with Crippen LogP contribution < -0.4 is 9.64 Å². The summed E-state index contributed by atoms with van der Waals surface area (Å²) in [6.45, 7) is 101. The summed E-state index contributed by atoms with van der Waals surface area (Å²) in [7, 11) is 1.73. The molecule has 780 valence electrons. The van der Waals surface area contributed by atoms with Gasteiger partial charge in [-0.2, -0.15) is 5.26 Å². The molecule has 7 heterocycles. The molecule has 7 aliphatic heterocycles. The number of benzene rings is 9. The number of ether oxygens (including phenoxy) is 1. The minimum Gasteiger partial charge on any atom is -0.496 e. The molecule has 0 N–H and O–H groups in total. The van der Waals surface area contributed by atoms with E-state index >= 15 is 0 Å². The Morgan fingerprint density at radius 2 is 0.616 bits per heavy atom. The van der Waals surface area contributed by atoms with Crippen molar-refractivity contribution < 1.29 is 9.13 Å². The summed E-state index contributed by atoms with van der Waals surface area (Å²) < 4.78 is 19.9. The molecule has 15 heteroatoms. The fourth-order valence-electron chi connectivity index (χ4n) is 23.2. The van der Waals surface area contributed by atoms with Crippen LogP contribution in [0.2, 0.25) is 0 Å². The number of rotatable bonds is 23. The standard InChI is InChI=1S/2C24H30N2.C23H35N3.C21H23FN2.C19H28N2O.C18H26N2.C2H6/c1-23(2,3)24(19-25-4)13-15-26(16-14-24)18-20-9-8-12-22(17-20)21-10-6-5-7-11-21;1-23(2,3)24(19-25-4)14-16-26(17-15-24)18-21-12-8-9-13-22(21)20-10-6-5-7-11-20;1-22(2,3)23(19-24-4)12-16-25(17-13-23)18-20-8-10-21(11-9-20)26-14-6-5-7-15-26;1-21(11-13-23)12-14-24(16-20(21)22)15-17-7-9-19(10-8-17)18-5-3-2-4-6-18;1-18(2,3)19(15-20-4)10-12-21(13-11-19)14-16-8-6-7-9-17(16)22-5;1-17(2,3)18(15-19-4)10-12-20(13-11-18)14-16-8-6-5-7-9-16;1-2/h5-12,17H,13-16,18-19H2,1-3H3;5-13H,14-19H2,1-3H3;8-11H,5-7,12-19H2,1-3H3;2-10,20H,11-12,14-16H2,1H3;6-9H,10-15H2,1-3,5H3;5-9H,10-15H2,1-3H3;1-2H3/t;;;20-,21+;;;/m...1.../s1. The van der Waals surface area contributed by atoms with Crippen LogP contribution in [0.5, 0.6) is 5.75 Å². The number of anilines is 1. The predicted octanol–water partition coefficient (Wildman–Crippen LogP) is 31.3. The first-order valence-corrected chi connectivity index (χ1v) is 54.7. The molecule has 7 saturated heterocycles. The summed E-state index contributed by atoms with van der Waals surface area (Å²) in [5.74, 6) is 0.969. The molecule has 0 aliphatic carbocycles. The van der Waals surface area contributed by atoms with Crippen molar-refractivity contribution >= 4 is 5.69 Å². The smallest absolute Gasteiger partial charge is 0.220 e. The summed E-state index contributed by atoms with van der Waals surface area (Å²) in [5, 5.41) is 8.89. The van der Waals surface area contributed by atoms with Crippen molar-refractivity contribution in [2.45, 2.75) is 266 Å². The normalized spacial score (nSPS) is 19.6. The van der Waals surface area contributed by atoms with Crippen LogP contribution in [0.1, 0.15) is 254 Å². The van der Waals surface area contributed by atoms with E-state index in [-0.39, 0.29) is 54.1 Å². The Bertz CT molecular complexity index is 5620. The second-order valence-corrected chi connectivity index (χ2v) is 48.2. The topological polar surface area (TPSA) is 77.5 Å². The molecule has 0 unspecified atom stereocenters. The highest BCUT2D eigenvalue weighted by Gasteiger charge is 2.52. The molecule has 14 nitrogen and oxygen atoms in total. The molecule has 0 saturated carbocycles. The van der Waals surface area contributed by atoms with Crippen LogP contribution in [-0.2, 0) is 39.3 Å². The SMILES string of the molecule is CC.C[C@]1(CC#N)CCN(Cc2ccc(-c3ccccc3)cc2)C[C@H]1F.[C-]#[N+]CC1(C(C)(C)C)CCN(Cc2ccc(N3CCCCC3)cc2)CC1.[C-]#[N+]CC1(C(C)(C)C)CCN(Cc2cccc(-c3ccccc3)c2)CC1.[C-]#[N+]CC1(C(C)(C)C)CCN(Cc2ccccc2)CC1.[C-]#[N+]CC1(C(C)(C)C)CCN(Cc2ccccc2-c2ccccc2)CC1.[C-]#[N+]CC1(C(C)(C)C)CCN(Cc2ccccc2OC)CC1. The van der Waals surface area contributed by atoms with E-state index in [9.17, 15) is 4.39 Å². The Hall–Kier alpha value is -10.8. The fraction of sp³-hybridized carbons (Fsp3) is 0.542. The lowest BCUT2D eigenvalue weighted by Crippen LogP contribution is -2.48. The van der Waals surface area contributed by atoms with E-state index in [4.69, 9.17) is 42.9 Å². The molecule has 0 amide bonds. The third-order valence-corrected chi connectivity index (χ3v) is 34.9. The molecular formula is C131H178FN13O. The van der Waals surface area contributed by atoms with Gasteiger partial charge in [-0.25, -0.2) is 37.3 Å². The minimum absolute atomic E-state index is 0.157. The van der Waals surface area contributed by atoms with Gasteiger partial charge in [0.05, 0.1) is 13.2 Å². The average Bonchev–Trinajstić information content (AvgIpc) is 0.920. The summed E-state index contributed by atoms with van der Waals surface area (Å²) >= 11 is 0. The third kappa shape index (κ3) is 32.4. The van der Waals surface area contributed by atoms with Crippen molar-refractivity contribution in [2.24, 2.45) is 59.6 Å². The molecule has 0 bridgehead atoms. The number of methoxy groups -OCH3 is 1. The van der Waals surface area contributed by atoms with E-state index in [0.717, 1.165) is 188 Å². The van der Waals surface area contributed by atoms with Crippen molar-refractivity contribution in [3.63, 3.8) is 0 Å². The number of nitrogens with zero attached hydrogens (tertiary/aromatic N) is 13. The Morgan fingerprint density at radius 3 is 0.993 bits per heavy atom. The van der Waals surface area contributed by atoms with Crippen molar-refractivity contribution in [3.05, 3.63) is 333 Å². The maximum absolute atomic E-state index is 14.5. The molecule has 7 aliphatic rings. The molecule has 0 radical (unpaired) electrons. The Labute approximate surface area is 884 Å². The maximum Gasteiger partial charge on any atom is 0.220 e. The molecule has 9 aromatic rings. The second kappa shape index (κ2) is 54.9. The van der Waals surface area contributed by atoms with Crippen LogP contribution in [0.15, 0.2) is 243 Å². The molecule has 2 atom stereocenters. The Morgan fingerprint density at radius 1 is 0.322 bits per heavy atom. The first kappa shape index (κ1) is 117. The largest absolute Gasteiger partial charge is 0.496 e. The van der Waals surface area contributed by atoms with Gasteiger partial charge in [-0.1, -0.05) is 343 Å². The van der Waals surface area contributed by atoms with Crippen LogP contribution in [0.25, 0.3) is 57.6 Å². The lowest BCUT2D eigenvalue weighted by Gasteiger charge is -2.46. The van der Waals surface area contributed by atoms with E-state index in [1.54, 1.807) is 7.11 Å². The van der Waals surface area contributed by atoms with Crippen molar-refractivity contribution in [2.75, 3.05) is 136 Å². The lowest BCUT2D eigenvalue weighted by molar-refractivity contribution is 0.0171. The van der Waals surface area contributed by atoms with Gasteiger partial charge in [0.2, 0.25) is 32.7 Å². The summed E-state index contributed by atoms with van der Waals surface area (Å²) in [6.07, 6.45) is 15.4. The van der Waals surface area contributed by atoms with Crippen LogP contribution in [-0.4, -0.2) is 167 Å². The van der Waals surface area contributed by atoms with Crippen molar-refractivity contribution in [1.82, 2.24) is 29.4 Å². The molecule has 9 aromatic carbocycles. The van der Waals surface area contributed by atoms with Gasteiger partial charge in [-0.05, 0) is 274 Å². The maximum atomic E-state index is 14.5. The van der Waals surface area contributed by atoms with E-state index < -0.39 is 11.6 Å². The quantitative estimate of drug-likeness (QED) is 0.0582. The molecule has 7 fully saturated rings. The zero-order chi connectivity index (χ0) is 106. The zero-order valence-electron chi connectivity index (χ0n) is 93.1. The minimum atomic E-state index is -0.936. The van der Waals surface area contributed by atoms with Gasteiger partial charge < -0.3 is 33.9 Å². The van der Waals surface area contributed by atoms with Crippen molar-refractivity contribution in [3.8, 4) is 45.2 Å². The number of piperidine rings is 7. The number of alkyl halides is 1. The molecular weight excluding hydrogens is 1790 g/mol. The van der Waals surface area contributed by atoms with Gasteiger partial charge in [0, 0.05) is 109 Å². The number of halogens is 1.